The summed E-state index contributed by atoms with van der Waals surface area (Å²) < 4.78 is 23.8. The zero-order chi connectivity index (χ0) is 48.5. The molecule has 2 aliphatic rings. The molecule has 0 aromatic heterocycles. The van der Waals surface area contributed by atoms with E-state index in [0.29, 0.717) is 24.2 Å². The van der Waals surface area contributed by atoms with E-state index < -0.39 is 0 Å². The van der Waals surface area contributed by atoms with Crippen molar-refractivity contribution in [3.63, 3.8) is 0 Å². The number of carbonyl (C=O) groups is 2. The van der Waals surface area contributed by atoms with Gasteiger partial charge in [-0.3, -0.25) is 0 Å². The molecule has 2 heterocycles. The van der Waals surface area contributed by atoms with Crippen LogP contribution in [0.3, 0.4) is 0 Å². The lowest BCUT2D eigenvalue weighted by molar-refractivity contribution is 0.0591. The Balaban J connectivity index is 0.912. The van der Waals surface area contributed by atoms with Gasteiger partial charge < -0.3 is 29.6 Å². The first-order chi connectivity index (χ1) is 34.1. The molecule has 8 aromatic rings. The van der Waals surface area contributed by atoms with Crippen LogP contribution in [0.2, 0.25) is 0 Å². The predicted octanol–water partition coefficient (Wildman–Crippen LogP) is 13.1. The fourth-order valence-electron chi connectivity index (χ4n) is 11.0. The van der Waals surface area contributed by atoms with E-state index in [2.05, 4.69) is 164 Å². The van der Waals surface area contributed by atoms with Gasteiger partial charge in [0.15, 0.2) is 0 Å². The average Bonchev–Trinajstić information content (AvgIpc) is 3.39. The van der Waals surface area contributed by atoms with E-state index in [-0.39, 0.29) is 48.1 Å². The normalized spacial score (nSPS) is 18.2. The van der Waals surface area contributed by atoms with Gasteiger partial charge in [-0.2, -0.15) is 0 Å². The third kappa shape index (κ3) is 9.17. The lowest BCUT2D eigenvalue weighted by atomic mass is 9.82. The van der Waals surface area contributed by atoms with Crippen molar-refractivity contribution in [3.05, 3.63) is 213 Å². The van der Waals surface area contributed by atoms with E-state index in [4.69, 9.17) is 18.9 Å². The van der Waals surface area contributed by atoms with Crippen molar-refractivity contribution in [2.24, 2.45) is 0 Å². The number of rotatable bonds is 13. The summed E-state index contributed by atoms with van der Waals surface area (Å²) in [5, 5.41) is 12.5. The maximum Gasteiger partial charge on any atom is 0.338 e. The molecule has 10 rings (SSSR count). The monoisotopic (exact) mass is 928 g/mol. The van der Waals surface area contributed by atoms with Gasteiger partial charge in [-0.1, -0.05) is 133 Å². The van der Waals surface area contributed by atoms with Crippen molar-refractivity contribution < 1.29 is 28.5 Å². The smallest absolute Gasteiger partial charge is 0.338 e. The standard InChI is InChI=1S/C62H60N2O6/c1-37-30-42(24-27-47(37)61(65)67-5)57-33-45(69-59-23-10-9-17-55(57)59)35-64-40(4)50-19-12-22-54-52(20-13-21-53(50)54)44-26-29-56-58(43-25-28-48(38(2)31-43)62(66)68-6)34-46(70-60(56)32-44)36-63-39(3)49-18-11-15-41-14-7-8-16-51(41)49/h7-32,39-40,45-46,57-58,63-64H,33-36H2,1-6H3/t39-,40-,45-,46-,57-,58+/m1/s1. The zero-order valence-corrected chi connectivity index (χ0v) is 40.8. The summed E-state index contributed by atoms with van der Waals surface area (Å²) in [6, 6.07) is 55.5. The molecule has 0 amide bonds. The molecule has 354 valence electrons. The second-order valence-electron chi connectivity index (χ2n) is 19.1. The molecular weight excluding hydrogens is 869 g/mol. The Labute approximate surface area is 411 Å². The van der Waals surface area contributed by atoms with Crippen LogP contribution in [0.15, 0.2) is 158 Å². The first-order valence-corrected chi connectivity index (χ1v) is 24.5. The molecule has 2 N–H and O–H groups in total. The summed E-state index contributed by atoms with van der Waals surface area (Å²) in [6.45, 7) is 9.72. The van der Waals surface area contributed by atoms with Crippen molar-refractivity contribution >= 4 is 33.5 Å². The summed E-state index contributed by atoms with van der Waals surface area (Å²) in [5.74, 6) is 1.29. The second-order valence-corrected chi connectivity index (χ2v) is 19.1. The molecular formula is C62H60N2O6. The molecule has 0 saturated carbocycles. The molecule has 0 aliphatic carbocycles. The molecule has 0 bridgehead atoms. The maximum absolute atomic E-state index is 12.6. The molecule has 0 unspecified atom stereocenters. The van der Waals surface area contributed by atoms with Gasteiger partial charge in [0.2, 0.25) is 0 Å². The Bertz CT molecular complexity index is 3250. The van der Waals surface area contributed by atoms with E-state index in [9.17, 15) is 9.59 Å². The highest BCUT2D eigenvalue weighted by Gasteiger charge is 2.33. The summed E-state index contributed by atoms with van der Waals surface area (Å²) in [7, 11) is 2.84. The maximum atomic E-state index is 12.6. The lowest BCUT2D eigenvalue weighted by Gasteiger charge is -2.34. The van der Waals surface area contributed by atoms with Gasteiger partial charge in [-0.25, -0.2) is 9.59 Å². The average molecular weight is 929 g/mol. The largest absolute Gasteiger partial charge is 0.489 e. The van der Waals surface area contributed by atoms with Crippen molar-refractivity contribution in [2.75, 3.05) is 27.3 Å². The summed E-state index contributed by atoms with van der Waals surface area (Å²) in [5.41, 5.74) is 12.3. The number of benzene rings is 8. The first-order valence-electron chi connectivity index (χ1n) is 24.5. The van der Waals surface area contributed by atoms with Crippen LogP contribution >= 0.6 is 0 Å². The number of nitrogens with one attached hydrogen (secondary N) is 2. The second kappa shape index (κ2) is 20.0. The number of ether oxygens (including phenoxy) is 4. The minimum absolute atomic E-state index is 0.0333. The van der Waals surface area contributed by atoms with Crippen molar-refractivity contribution in [1.29, 1.82) is 0 Å². The van der Waals surface area contributed by atoms with Crippen LogP contribution in [0.5, 0.6) is 11.5 Å². The SMILES string of the molecule is COC(=O)c1ccc([C@H]2C[C@H](CN[C@H](C)c3cccc4c(-c5ccc6c(c5)O[C@@H](CN[C@H](C)c5cccc7ccccc57)C[C@H]6c5ccc(C(=O)OC)c(C)c5)cccc34)Oc3ccccc32)cc1C. The van der Waals surface area contributed by atoms with Crippen LogP contribution in [0.25, 0.3) is 32.7 Å². The molecule has 0 radical (unpaired) electrons. The van der Waals surface area contributed by atoms with Crippen molar-refractivity contribution in [2.45, 2.75) is 76.7 Å². The molecule has 8 heteroatoms. The van der Waals surface area contributed by atoms with Gasteiger partial charge >= 0.3 is 11.9 Å². The highest BCUT2D eigenvalue weighted by atomic mass is 16.5. The van der Waals surface area contributed by atoms with Crippen molar-refractivity contribution in [3.8, 4) is 22.6 Å². The highest BCUT2D eigenvalue weighted by Crippen LogP contribution is 2.45. The molecule has 6 atom stereocenters. The van der Waals surface area contributed by atoms with Gasteiger partial charge in [-0.05, 0) is 131 Å². The Hall–Kier alpha value is -7.26. The number of fused-ring (bicyclic) bond motifs is 4. The number of aryl methyl sites for hydroxylation is 2. The van der Waals surface area contributed by atoms with E-state index in [1.807, 2.05) is 32.0 Å². The molecule has 70 heavy (non-hydrogen) atoms. The number of carbonyl (C=O) groups excluding carboxylic acids is 2. The van der Waals surface area contributed by atoms with Gasteiger partial charge in [-0.15, -0.1) is 0 Å². The summed E-state index contributed by atoms with van der Waals surface area (Å²) >= 11 is 0. The number of methoxy groups -OCH3 is 2. The van der Waals surface area contributed by atoms with E-state index in [0.717, 1.165) is 68.8 Å². The summed E-state index contributed by atoms with van der Waals surface area (Å²) in [6.07, 6.45) is 1.41. The van der Waals surface area contributed by atoms with Crippen LogP contribution < -0.4 is 20.1 Å². The molecule has 0 fully saturated rings. The Morgan fingerprint density at radius 1 is 0.543 bits per heavy atom. The van der Waals surface area contributed by atoms with Crippen LogP contribution in [0, 0.1) is 13.8 Å². The van der Waals surface area contributed by atoms with E-state index in [1.54, 1.807) is 0 Å². The first kappa shape index (κ1) is 46.5. The summed E-state index contributed by atoms with van der Waals surface area (Å²) in [4.78, 5) is 25.0. The molecule has 2 aliphatic heterocycles. The Morgan fingerprint density at radius 2 is 1.06 bits per heavy atom. The Morgan fingerprint density at radius 3 is 1.70 bits per heavy atom. The van der Waals surface area contributed by atoms with Crippen LogP contribution in [-0.4, -0.2) is 51.5 Å². The van der Waals surface area contributed by atoms with Crippen LogP contribution in [0.4, 0.5) is 0 Å². The van der Waals surface area contributed by atoms with Gasteiger partial charge in [0.05, 0.1) is 25.3 Å². The molecule has 8 nitrogen and oxygen atoms in total. The van der Waals surface area contributed by atoms with E-state index >= 15 is 0 Å². The third-order valence-electron chi connectivity index (χ3n) is 14.7. The minimum Gasteiger partial charge on any atom is -0.489 e. The fraction of sp³-hybridized carbons (Fsp3) is 0.258. The quantitative estimate of drug-likeness (QED) is 0.110. The number of esters is 2. The Kier molecular flexibility index (Phi) is 13.3. The molecule has 0 spiro atoms. The third-order valence-corrected chi connectivity index (χ3v) is 14.7. The topological polar surface area (TPSA) is 95.1 Å². The van der Waals surface area contributed by atoms with Gasteiger partial charge in [0, 0.05) is 48.1 Å². The minimum atomic E-state index is -0.330. The van der Waals surface area contributed by atoms with Gasteiger partial charge in [0.25, 0.3) is 0 Å². The lowest BCUT2D eigenvalue weighted by Crippen LogP contribution is -2.37. The number of hydrogen-bond donors (Lipinski definition) is 2. The van der Waals surface area contributed by atoms with Crippen molar-refractivity contribution in [1.82, 2.24) is 10.6 Å². The van der Waals surface area contributed by atoms with Crippen LogP contribution in [-0.2, 0) is 9.47 Å². The van der Waals surface area contributed by atoms with E-state index in [1.165, 1.54) is 46.9 Å². The highest BCUT2D eigenvalue weighted by molar-refractivity contribution is 5.99. The number of hydrogen-bond acceptors (Lipinski definition) is 8. The number of para-hydroxylation sites is 1. The molecule has 0 saturated heterocycles. The predicted molar refractivity (Wildman–Crippen MR) is 279 cm³/mol. The fourth-order valence-corrected chi connectivity index (χ4v) is 11.0. The van der Waals surface area contributed by atoms with Gasteiger partial charge in [0.1, 0.15) is 23.7 Å². The molecule has 8 aromatic carbocycles. The zero-order valence-electron chi connectivity index (χ0n) is 40.8. The van der Waals surface area contributed by atoms with Crippen LogP contribution in [0.1, 0.15) is 116 Å².